The summed E-state index contributed by atoms with van der Waals surface area (Å²) in [6.07, 6.45) is 1.46. The summed E-state index contributed by atoms with van der Waals surface area (Å²) in [4.78, 5) is 12.8. The molecule has 1 N–H and O–H groups in total. The van der Waals surface area contributed by atoms with E-state index in [-0.39, 0.29) is 15.6 Å². The average molecular weight is 578 g/mol. The van der Waals surface area contributed by atoms with Gasteiger partial charge in [0, 0.05) is 0 Å². The predicted molar refractivity (Wildman–Crippen MR) is 157 cm³/mol. The Kier molecular flexibility index (Phi) is 9.42. The number of hydrogen-bond donors (Lipinski definition) is 1. The summed E-state index contributed by atoms with van der Waals surface area (Å²) in [6, 6.07) is 27.6. The Morgan fingerprint density at radius 2 is 1.68 bits per heavy atom. The van der Waals surface area contributed by atoms with Crippen LogP contribution < -0.4 is 19.2 Å². The first-order chi connectivity index (χ1) is 19.3. The molecule has 0 bridgehead atoms. The Morgan fingerprint density at radius 1 is 0.975 bits per heavy atom. The number of anilines is 1. The maximum atomic E-state index is 13.4. The van der Waals surface area contributed by atoms with Crippen LogP contribution in [-0.2, 0) is 21.4 Å². The molecule has 10 heteroatoms. The third-order valence-corrected chi connectivity index (χ3v) is 7.93. The second-order valence-corrected chi connectivity index (χ2v) is 11.0. The number of benzene rings is 4. The number of amides is 1. The van der Waals surface area contributed by atoms with Crippen molar-refractivity contribution in [2.75, 3.05) is 18.0 Å². The lowest BCUT2D eigenvalue weighted by molar-refractivity contribution is -0.119. The summed E-state index contributed by atoms with van der Waals surface area (Å²) in [5.74, 6) is 0.436. The van der Waals surface area contributed by atoms with Crippen molar-refractivity contribution in [3.63, 3.8) is 0 Å². The second kappa shape index (κ2) is 13.1. The van der Waals surface area contributed by atoms with E-state index in [4.69, 9.17) is 21.1 Å². The number of sulfonamides is 1. The van der Waals surface area contributed by atoms with Gasteiger partial charge in [-0.3, -0.25) is 9.10 Å². The Labute approximate surface area is 238 Å². The van der Waals surface area contributed by atoms with Gasteiger partial charge in [0.15, 0.2) is 0 Å². The fourth-order valence-electron chi connectivity index (χ4n) is 3.69. The number of rotatable bonds is 11. The minimum atomic E-state index is -4.09. The lowest BCUT2D eigenvalue weighted by atomic mass is 10.2. The van der Waals surface area contributed by atoms with Crippen molar-refractivity contribution in [2.45, 2.75) is 18.4 Å². The smallest absolute Gasteiger partial charge is 0.264 e. The molecule has 8 nitrogen and oxygen atoms in total. The van der Waals surface area contributed by atoms with E-state index in [1.54, 1.807) is 42.5 Å². The molecule has 0 fully saturated rings. The van der Waals surface area contributed by atoms with Gasteiger partial charge in [0.05, 0.1) is 28.9 Å². The number of nitrogens with one attached hydrogen (secondary N) is 1. The molecule has 0 spiro atoms. The molecule has 0 unspecified atom stereocenters. The van der Waals surface area contributed by atoms with Gasteiger partial charge in [-0.25, -0.2) is 13.8 Å². The lowest BCUT2D eigenvalue weighted by Crippen LogP contribution is -2.39. The summed E-state index contributed by atoms with van der Waals surface area (Å²) in [6.45, 7) is 1.96. The van der Waals surface area contributed by atoms with E-state index in [0.29, 0.717) is 18.1 Å². The maximum Gasteiger partial charge on any atom is 0.264 e. The SMILES string of the molecule is COc1ccc(N(CC(=O)N/N=C\c2ccc(OCc3ccc(C)cc3)cc2)S(=O)(=O)c2ccccc2)cc1Cl. The highest BCUT2D eigenvalue weighted by molar-refractivity contribution is 7.92. The highest BCUT2D eigenvalue weighted by atomic mass is 35.5. The summed E-state index contributed by atoms with van der Waals surface area (Å²) in [5.41, 5.74) is 5.58. The third kappa shape index (κ3) is 7.40. The number of hydrazone groups is 1. The number of methoxy groups -OCH3 is 1. The van der Waals surface area contributed by atoms with E-state index in [1.807, 2.05) is 31.2 Å². The molecule has 206 valence electrons. The molecule has 0 aromatic heterocycles. The van der Waals surface area contributed by atoms with Crippen molar-refractivity contribution in [3.8, 4) is 11.5 Å². The monoisotopic (exact) mass is 577 g/mol. The fourth-order valence-corrected chi connectivity index (χ4v) is 5.38. The molecule has 0 saturated carbocycles. The topological polar surface area (TPSA) is 97.3 Å². The molecule has 0 aliphatic carbocycles. The number of carbonyl (C=O) groups excluding carboxylic acids is 1. The van der Waals surface area contributed by atoms with Gasteiger partial charge in [0.1, 0.15) is 24.7 Å². The Balaban J connectivity index is 1.42. The normalized spacial score (nSPS) is 11.3. The van der Waals surface area contributed by atoms with Crippen molar-refractivity contribution < 1.29 is 22.7 Å². The molecule has 1 amide bonds. The third-order valence-electron chi connectivity index (χ3n) is 5.85. The molecule has 0 aliphatic heterocycles. The van der Waals surface area contributed by atoms with Gasteiger partial charge in [-0.15, -0.1) is 0 Å². The average Bonchev–Trinajstić information content (AvgIpc) is 2.96. The molecule has 0 radical (unpaired) electrons. The van der Waals surface area contributed by atoms with E-state index < -0.39 is 22.5 Å². The van der Waals surface area contributed by atoms with Gasteiger partial charge in [0.25, 0.3) is 15.9 Å². The van der Waals surface area contributed by atoms with Crippen LogP contribution in [0.25, 0.3) is 0 Å². The molecule has 4 aromatic rings. The van der Waals surface area contributed by atoms with Gasteiger partial charge in [-0.1, -0.05) is 59.6 Å². The van der Waals surface area contributed by atoms with Crippen molar-refractivity contribution in [1.29, 1.82) is 0 Å². The molecule has 0 heterocycles. The minimum Gasteiger partial charge on any atom is -0.495 e. The largest absolute Gasteiger partial charge is 0.495 e. The number of ether oxygens (including phenoxy) is 2. The van der Waals surface area contributed by atoms with Crippen molar-refractivity contribution >= 4 is 39.4 Å². The number of halogens is 1. The van der Waals surface area contributed by atoms with Gasteiger partial charge in [0.2, 0.25) is 0 Å². The maximum absolute atomic E-state index is 13.4. The molecule has 4 aromatic carbocycles. The Hall–Kier alpha value is -4.34. The molecular formula is C30H28ClN3O5S. The lowest BCUT2D eigenvalue weighted by Gasteiger charge is -2.24. The zero-order chi connectivity index (χ0) is 28.5. The van der Waals surface area contributed by atoms with Crippen molar-refractivity contribution in [1.82, 2.24) is 5.43 Å². The quantitative estimate of drug-likeness (QED) is 0.185. The van der Waals surface area contributed by atoms with Crippen LogP contribution in [0.1, 0.15) is 16.7 Å². The van der Waals surface area contributed by atoms with E-state index in [1.165, 1.54) is 49.2 Å². The molecule has 40 heavy (non-hydrogen) atoms. The Morgan fingerprint density at radius 3 is 2.33 bits per heavy atom. The predicted octanol–water partition coefficient (Wildman–Crippen LogP) is 5.58. The van der Waals surface area contributed by atoms with E-state index in [0.717, 1.165) is 15.4 Å². The fraction of sp³-hybridized carbons (Fsp3) is 0.133. The molecule has 4 rings (SSSR count). The summed E-state index contributed by atoms with van der Waals surface area (Å²) in [5, 5.41) is 4.19. The van der Waals surface area contributed by atoms with E-state index in [9.17, 15) is 13.2 Å². The van der Waals surface area contributed by atoms with Crippen LogP contribution in [0.3, 0.4) is 0 Å². The van der Waals surface area contributed by atoms with Gasteiger partial charge in [-0.2, -0.15) is 5.10 Å². The van der Waals surface area contributed by atoms with Gasteiger partial charge < -0.3 is 9.47 Å². The number of nitrogens with zero attached hydrogens (tertiary/aromatic N) is 2. The zero-order valence-corrected chi connectivity index (χ0v) is 23.5. The Bertz CT molecular complexity index is 1580. The number of carbonyl (C=O) groups is 1. The summed E-state index contributed by atoms with van der Waals surface area (Å²) in [7, 11) is -2.63. The van der Waals surface area contributed by atoms with Gasteiger partial charge in [-0.05, 0) is 72.6 Å². The summed E-state index contributed by atoms with van der Waals surface area (Å²) >= 11 is 6.25. The second-order valence-electron chi connectivity index (χ2n) is 8.78. The van der Waals surface area contributed by atoms with Crippen LogP contribution in [0.4, 0.5) is 5.69 Å². The van der Waals surface area contributed by atoms with Crippen LogP contribution in [0, 0.1) is 6.92 Å². The molecular weight excluding hydrogens is 550 g/mol. The summed E-state index contributed by atoms with van der Waals surface area (Å²) < 4.78 is 38.8. The van der Waals surface area contributed by atoms with Crippen LogP contribution in [0.15, 0.2) is 107 Å². The highest BCUT2D eigenvalue weighted by Gasteiger charge is 2.27. The van der Waals surface area contributed by atoms with Crippen molar-refractivity contribution in [2.24, 2.45) is 5.10 Å². The zero-order valence-electron chi connectivity index (χ0n) is 22.0. The molecule has 0 aliphatic rings. The first-order valence-corrected chi connectivity index (χ1v) is 14.1. The molecule has 0 atom stereocenters. The van der Waals surface area contributed by atoms with Crippen molar-refractivity contribution in [3.05, 3.63) is 119 Å². The standard InChI is InChI=1S/C30H28ClN3O5S/c1-22-8-10-24(11-9-22)21-39-26-15-12-23(13-16-26)19-32-33-30(35)20-34(25-14-17-29(38-2)28(31)18-25)40(36,37)27-6-4-3-5-7-27/h3-19H,20-21H2,1-2H3,(H,33,35)/b32-19-. The van der Waals surface area contributed by atoms with Gasteiger partial charge >= 0.3 is 0 Å². The first-order valence-electron chi connectivity index (χ1n) is 12.3. The number of aryl methyl sites for hydroxylation is 1. The van der Waals surface area contributed by atoms with Crippen LogP contribution in [-0.4, -0.2) is 34.2 Å². The van der Waals surface area contributed by atoms with Crippen LogP contribution in [0.5, 0.6) is 11.5 Å². The number of hydrogen-bond acceptors (Lipinski definition) is 6. The van der Waals surface area contributed by atoms with E-state index >= 15 is 0 Å². The molecule has 0 saturated heterocycles. The first kappa shape index (κ1) is 28.7. The van der Waals surface area contributed by atoms with E-state index in [2.05, 4.69) is 10.5 Å². The minimum absolute atomic E-state index is 0.0305. The van der Waals surface area contributed by atoms with Crippen LogP contribution >= 0.6 is 11.6 Å². The highest BCUT2D eigenvalue weighted by Crippen LogP contribution is 2.31. The van der Waals surface area contributed by atoms with Crippen LogP contribution in [0.2, 0.25) is 5.02 Å².